The smallest absolute Gasteiger partial charge is 0.246 e. The summed E-state index contributed by atoms with van der Waals surface area (Å²) in [6.07, 6.45) is -3.21. The maximum atomic E-state index is 13.8. The molecule has 4 atom stereocenters. The van der Waals surface area contributed by atoms with Gasteiger partial charge in [-0.3, -0.25) is 0 Å². The number of hydrogen-bond acceptors (Lipinski definition) is 8. The van der Waals surface area contributed by atoms with Gasteiger partial charge in [-0.2, -0.15) is 4.39 Å². The molecule has 2 aromatic rings. The molecule has 3 heterocycles. The first-order chi connectivity index (χ1) is 9.54. The molecule has 6 N–H and O–H groups in total. The molecule has 0 saturated carbocycles. The zero-order valence-electron chi connectivity index (χ0n) is 10.2. The molecule has 3 rings (SSSR count). The highest BCUT2D eigenvalue weighted by atomic mass is 19.1. The number of nitrogens with zero attached hydrogens (tertiary/aromatic N) is 4. The normalized spacial score (nSPS) is 30.2. The summed E-state index contributed by atoms with van der Waals surface area (Å²) < 4.78 is 20.2. The number of rotatable bonds is 2. The van der Waals surface area contributed by atoms with E-state index in [1.165, 1.54) is 0 Å². The quantitative estimate of drug-likeness (QED) is 0.501. The van der Waals surface area contributed by atoms with Gasteiger partial charge in [0.15, 0.2) is 11.9 Å². The number of aliphatic hydroxyl groups is 2. The van der Waals surface area contributed by atoms with Gasteiger partial charge in [-0.25, -0.2) is 14.6 Å². The molecule has 0 unspecified atom stereocenters. The first-order valence-electron chi connectivity index (χ1n) is 5.90. The predicted molar refractivity (Wildman–Crippen MR) is 64.7 cm³/mol. The van der Waals surface area contributed by atoms with Gasteiger partial charge < -0.3 is 26.4 Å². The number of nitrogens with two attached hydrogens (primary N) is 2. The van der Waals surface area contributed by atoms with Crippen LogP contribution in [0.3, 0.4) is 0 Å². The van der Waals surface area contributed by atoms with Crippen molar-refractivity contribution in [1.82, 2.24) is 19.7 Å². The van der Waals surface area contributed by atoms with Gasteiger partial charge >= 0.3 is 0 Å². The van der Waals surface area contributed by atoms with Gasteiger partial charge in [0, 0.05) is 6.54 Å². The second-order valence-electron chi connectivity index (χ2n) is 4.47. The van der Waals surface area contributed by atoms with Crippen LogP contribution in [0.1, 0.15) is 6.23 Å². The van der Waals surface area contributed by atoms with Crippen LogP contribution in [0.5, 0.6) is 0 Å². The van der Waals surface area contributed by atoms with Crippen molar-refractivity contribution in [2.24, 2.45) is 5.73 Å². The van der Waals surface area contributed by atoms with E-state index in [0.717, 1.165) is 11.0 Å². The number of hydrogen-bond donors (Lipinski definition) is 4. The average molecular weight is 284 g/mol. The van der Waals surface area contributed by atoms with Gasteiger partial charge in [-0.1, -0.05) is 0 Å². The molecule has 108 valence electrons. The van der Waals surface area contributed by atoms with E-state index in [1.807, 2.05) is 0 Å². The minimum Gasteiger partial charge on any atom is -0.387 e. The van der Waals surface area contributed by atoms with E-state index < -0.39 is 30.5 Å². The van der Waals surface area contributed by atoms with Crippen molar-refractivity contribution < 1.29 is 19.3 Å². The summed E-state index contributed by atoms with van der Waals surface area (Å²) in [7, 11) is 0. The molecule has 1 aliphatic rings. The zero-order valence-corrected chi connectivity index (χ0v) is 10.2. The van der Waals surface area contributed by atoms with Crippen LogP contribution in [-0.2, 0) is 4.74 Å². The van der Waals surface area contributed by atoms with Crippen molar-refractivity contribution in [3.63, 3.8) is 0 Å². The minimum absolute atomic E-state index is 0.00747. The third kappa shape index (κ3) is 1.73. The molecule has 20 heavy (non-hydrogen) atoms. The van der Waals surface area contributed by atoms with Crippen molar-refractivity contribution in [3.8, 4) is 0 Å². The summed E-state index contributed by atoms with van der Waals surface area (Å²) in [6, 6.07) is 0. The molecule has 0 amide bonds. The summed E-state index contributed by atoms with van der Waals surface area (Å²) >= 11 is 0. The molecule has 1 saturated heterocycles. The lowest BCUT2D eigenvalue weighted by Crippen LogP contribution is -2.35. The maximum absolute atomic E-state index is 13.8. The summed E-state index contributed by atoms with van der Waals surface area (Å²) in [5.41, 5.74) is 11.1. The van der Waals surface area contributed by atoms with E-state index in [2.05, 4.69) is 15.1 Å². The van der Waals surface area contributed by atoms with Crippen molar-refractivity contribution in [3.05, 3.63) is 12.3 Å². The lowest BCUT2D eigenvalue weighted by atomic mass is 10.1. The SMILES string of the molecule is NC[C@H]1O[C@@H](n2nc(F)c3c(N)ncnc32)[C@H](O)[C@@H]1O. The number of aromatic nitrogens is 4. The fourth-order valence-corrected chi connectivity index (χ4v) is 2.26. The lowest BCUT2D eigenvalue weighted by Gasteiger charge is -2.15. The summed E-state index contributed by atoms with van der Waals surface area (Å²) in [5, 5.41) is 23.3. The minimum atomic E-state index is -1.30. The molecule has 1 fully saturated rings. The highest BCUT2D eigenvalue weighted by Gasteiger charge is 2.44. The molecule has 0 spiro atoms. The largest absolute Gasteiger partial charge is 0.387 e. The summed E-state index contributed by atoms with van der Waals surface area (Å²) in [5.74, 6) is -0.943. The Kier molecular flexibility index (Phi) is 3.01. The van der Waals surface area contributed by atoms with Crippen LogP contribution in [0.15, 0.2) is 6.33 Å². The van der Waals surface area contributed by atoms with E-state index in [1.54, 1.807) is 0 Å². The van der Waals surface area contributed by atoms with Crippen LogP contribution in [0.4, 0.5) is 10.2 Å². The molecule has 1 aliphatic heterocycles. The number of fused-ring (bicyclic) bond motifs is 1. The first-order valence-corrected chi connectivity index (χ1v) is 5.90. The molecular formula is C10H13FN6O3. The van der Waals surface area contributed by atoms with Gasteiger partial charge in [0.2, 0.25) is 5.95 Å². The highest BCUT2D eigenvalue weighted by molar-refractivity contribution is 5.85. The van der Waals surface area contributed by atoms with Crippen LogP contribution < -0.4 is 11.5 Å². The van der Waals surface area contributed by atoms with Crippen LogP contribution in [0, 0.1) is 5.95 Å². The second-order valence-corrected chi connectivity index (χ2v) is 4.47. The third-order valence-corrected chi connectivity index (χ3v) is 3.29. The monoisotopic (exact) mass is 284 g/mol. The van der Waals surface area contributed by atoms with E-state index in [4.69, 9.17) is 16.2 Å². The fourth-order valence-electron chi connectivity index (χ4n) is 2.26. The first kappa shape index (κ1) is 13.1. The highest BCUT2D eigenvalue weighted by Crippen LogP contribution is 2.32. The Morgan fingerprint density at radius 1 is 1.35 bits per heavy atom. The average Bonchev–Trinajstić information content (AvgIpc) is 2.90. The maximum Gasteiger partial charge on any atom is 0.246 e. The number of ether oxygens (including phenoxy) is 1. The zero-order chi connectivity index (χ0) is 14.4. The van der Waals surface area contributed by atoms with Crippen molar-refractivity contribution in [2.45, 2.75) is 24.5 Å². The van der Waals surface area contributed by atoms with Gasteiger partial charge in [-0.15, -0.1) is 5.10 Å². The number of nitrogen functional groups attached to an aromatic ring is 1. The number of anilines is 1. The molecule has 0 radical (unpaired) electrons. The fraction of sp³-hybridized carbons (Fsp3) is 0.500. The van der Waals surface area contributed by atoms with Crippen molar-refractivity contribution in [2.75, 3.05) is 12.3 Å². The van der Waals surface area contributed by atoms with Gasteiger partial charge in [0.25, 0.3) is 0 Å². The van der Waals surface area contributed by atoms with Crippen LogP contribution in [0.2, 0.25) is 0 Å². The van der Waals surface area contributed by atoms with Crippen molar-refractivity contribution in [1.29, 1.82) is 0 Å². The Morgan fingerprint density at radius 3 is 2.75 bits per heavy atom. The Morgan fingerprint density at radius 2 is 2.10 bits per heavy atom. The third-order valence-electron chi connectivity index (χ3n) is 3.29. The molecule has 10 heteroatoms. The van der Waals surface area contributed by atoms with Crippen LogP contribution in [-0.4, -0.2) is 54.8 Å². The van der Waals surface area contributed by atoms with Gasteiger partial charge in [0.1, 0.15) is 35.8 Å². The molecule has 0 bridgehead atoms. The van der Waals surface area contributed by atoms with Gasteiger partial charge in [0.05, 0.1) is 0 Å². The summed E-state index contributed by atoms with van der Waals surface area (Å²) in [6.45, 7) is 0.00747. The standard InChI is InChI=1S/C10H13FN6O3/c11-7-4-8(13)14-2-15-9(4)17(16-7)10-6(19)5(18)3(1-12)20-10/h2-3,5-6,10,18-19H,1,12H2,(H2,13,14,15)/t3-,5-,6-,10-/m1/s1. The van der Waals surface area contributed by atoms with Crippen LogP contribution in [0.25, 0.3) is 11.0 Å². The van der Waals surface area contributed by atoms with E-state index in [0.29, 0.717) is 0 Å². The van der Waals surface area contributed by atoms with Gasteiger partial charge in [-0.05, 0) is 0 Å². The van der Waals surface area contributed by atoms with Crippen molar-refractivity contribution >= 4 is 16.9 Å². The predicted octanol–water partition coefficient (Wildman–Crippen LogP) is -1.87. The molecule has 2 aromatic heterocycles. The molecule has 0 aromatic carbocycles. The lowest BCUT2D eigenvalue weighted by molar-refractivity contribution is -0.0401. The Balaban J connectivity index is 2.10. The molecule has 0 aliphatic carbocycles. The number of halogens is 1. The van der Waals surface area contributed by atoms with Crippen LogP contribution >= 0.6 is 0 Å². The van der Waals surface area contributed by atoms with E-state index in [-0.39, 0.29) is 23.4 Å². The van der Waals surface area contributed by atoms with E-state index >= 15 is 0 Å². The topological polar surface area (TPSA) is 145 Å². The Bertz CT molecular complexity index is 649. The Labute approximate surface area is 112 Å². The second kappa shape index (κ2) is 4.59. The molecule has 9 nitrogen and oxygen atoms in total. The summed E-state index contributed by atoms with van der Waals surface area (Å²) in [4.78, 5) is 7.56. The Hall–Kier alpha value is -1.88. The number of aliphatic hydroxyl groups excluding tert-OH is 2. The van der Waals surface area contributed by atoms with E-state index in [9.17, 15) is 14.6 Å². The molecular weight excluding hydrogens is 271 g/mol.